The van der Waals surface area contributed by atoms with Crippen LogP contribution in [0.15, 0.2) is 70.6 Å². The van der Waals surface area contributed by atoms with Crippen molar-refractivity contribution in [3.05, 3.63) is 86.5 Å². The zero-order valence-electron chi connectivity index (χ0n) is 14.1. The molecule has 1 heterocycles. The first-order valence-corrected chi connectivity index (χ1v) is 9.58. The first-order valence-electron chi connectivity index (χ1n) is 7.94. The number of aromatic nitrogens is 1. The molecule has 0 atom stereocenters. The summed E-state index contributed by atoms with van der Waals surface area (Å²) in [5.74, 6) is 0. The van der Waals surface area contributed by atoms with E-state index in [0.717, 1.165) is 21.6 Å². The standard InChI is InChI=1S/C20H14Cl2N4S/c1-2-9-24-20-26(25-12-15-5-3-14(11-23)4-6-15)19(13-27-20)17-8-7-16(21)10-18(17)22/h2-8,10,12-13H,1,9H2. The molecule has 4 nitrogen and oxygen atoms in total. The fourth-order valence-corrected chi connectivity index (χ4v) is 3.66. The SMILES string of the molecule is C=CCN=c1scc(-c2ccc(Cl)cc2Cl)n1N=Cc1ccc(C#N)cc1. The molecular formula is C20H14Cl2N4S. The van der Waals surface area contributed by atoms with Crippen LogP contribution in [0.25, 0.3) is 11.3 Å². The van der Waals surface area contributed by atoms with Crippen LogP contribution in [0.5, 0.6) is 0 Å². The van der Waals surface area contributed by atoms with Crippen molar-refractivity contribution in [2.75, 3.05) is 6.54 Å². The van der Waals surface area contributed by atoms with Crippen molar-refractivity contribution in [1.82, 2.24) is 4.68 Å². The molecule has 1 aromatic heterocycles. The molecule has 3 aromatic rings. The molecule has 27 heavy (non-hydrogen) atoms. The van der Waals surface area contributed by atoms with Gasteiger partial charge < -0.3 is 0 Å². The van der Waals surface area contributed by atoms with E-state index in [1.165, 1.54) is 11.3 Å². The minimum absolute atomic E-state index is 0.487. The van der Waals surface area contributed by atoms with Gasteiger partial charge in [-0.1, -0.05) is 41.4 Å². The lowest BCUT2D eigenvalue weighted by atomic mass is 10.2. The van der Waals surface area contributed by atoms with Gasteiger partial charge in [-0.2, -0.15) is 10.4 Å². The maximum absolute atomic E-state index is 8.91. The summed E-state index contributed by atoms with van der Waals surface area (Å²) in [5, 5.41) is 16.6. The van der Waals surface area contributed by atoms with Gasteiger partial charge in [0, 0.05) is 16.0 Å². The topological polar surface area (TPSA) is 53.4 Å². The highest BCUT2D eigenvalue weighted by Crippen LogP contribution is 2.30. The van der Waals surface area contributed by atoms with Crippen LogP contribution in [0.4, 0.5) is 0 Å². The van der Waals surface area contributed by atoms with Crippen LogP contribution >= 0.6 is 34.5 Å². The van der Waals surface area contributed by atoms with E-state index in [0.29, 0.717) is 22.2 Å². The van der Waals surface area contributed by atoms with Crippen LogP contribution < -0.4 is 4.80 Å². The Bertz CT molecular complexity index is 1100. The van der Waals surface area contributed by atoms with E-state index in [9.17, 15) is 0 Å². The number of nitrogens with zero attached hydrogens (tertiary/aromatic N) is 4. The van der Waals surface area contributed by atoms with Crippen molar-refractivity contribution in [3.8, 4) is 17.3 Å². The number of hydrogen-bond acceptors (Lipinski definition) is 4. The van der Waals surface area contributed by atoms with Gasteiger partial charge in [-0.15, -0.1) is 17.9 Å². The van der Waals surface area contributed by atoms with Crippen molar-refractivity contribution < 1.29 is 0 Å². The lowest BCUT2D eigenvalue weighted by Gasteiger charge is -2.06. The van der Waals surface area contributed by atoms with E-state index in [2.05, 4.69) is 22.7 Å². The summed E-state index contributed by atoms with van der Waals surface area (Å²) < 4.78 is 1.74. The van der Waals surface area contributed by atoms with Crippen LogP contribution in [-0.2, 0) is 0 Å². The predicted molar refractivity (Wildman–Crippen MR) is 113 cm³/mol. The Balaban J connectivity index is 2.08. The minimum Gasteiger partial charge on any atom is -0.253 e. The van der Waals surface area contributed by atoms with Crippen molar-refractivity contribution in [2.24, 2.45) is 10.1 Å². The summed E-state index contributed by atoms with van der Waals surface area (Å²) in [6, 6.07) is 14.6. The molecule has 0 unspecified atom stereocenters. The van der Waals surface area contributed by atoms with Crippen LogP contribution in [0.2, 0.25) is 10.0 Å². The van der Waals surface area contributed by atoms with Crippen LogP contribution in [0, 0.1) is 11.3 Å². The van der Waals surface area contributed by atoms with Gasteiger partial charge in [0.1, 0.15) is 0 Å². The molecule has 134 valence electrons. The highest BCUT2D eigenvalue weighted by Gasteiger charge is 2.11. The van der Waals surface area contributed by atoms with Gasteiger partial charge in [0.05, 0.1) is 35.1 Å². The predicted octanol–water partition coefficient (Wildman–Crippen LogP) is 5.36. The van der Waals surface area contributed by atoms with E-state index in [4.69, 9.17) is 28.5 Å². The number of thiazole rings is 1. The molecule has 7 heteroatoms. The second kappa shape index (κ2) is 8.83. The molecule has 0 aliphatic heterocycles. The van der Waals surface area contributed by atoms with Crippen LogP contribution in [-0.4, -0.2) is 17.4 Å². The summed E-state index contributed by atoms with van der Waals surface area (Å²) in [6.07, 6.45) is 3.44. The van der Waals surface area contributed by atoms with E-state index in [-0.39, 0.29) is 0 Å². The minimum atomic E-state index is 0.487. The Morgan fingerprint density at radius 2 is 1.96 bits per heavy atom. The monoisotopic (exact) mass is 412 g/mol. The number of halogens is 2. The fourth-order valence-electron chi connectivity index (χ4n) is 2.31. The zero-order chi connectivity index (χ0) is 19.2. The average Bonchev–Trinajstić information content (AvgIpc) is 3.07. The second-order valence-corrected chi connectivity index (χ2v) is 7.13. The average molecular weight is 413 g/mol. The summed E-state index contributed by atoms with van der Waals surface area (Å²) in [4.78, 5) is 5.22. The largest absolute Gasteiger partial charge is 0.253 e. The molecule has 0 aliphatic carbocycles. The molecule has 2 aromatic carbocycles. The third kappa shape index (κ3) is 4.55. The summed E-state index contributed by atoms with van der Waals surface area (Å²) in [7, 11) is 0. The Hall–Kier alpha value is -2.65. The Morgan fingerprint density at radius 3 is 2.63 bits per heavy atom. The summed E-state index contributed by atoms with van der Waals surface area (Å²) >= 11 is 13.9. The summed E-state index contributed by atoms with van der Waals surface area (Å²) in [5.41, 5.74) is 3.10. The van der Waals surface area contributed by atoms with Crippen molar-refractivity contribution >= 4 is 40.8 Å². The first-order chi connectivity index (χ1) is 13.1. The van der Waals surface area contributed by atoms with E-state index < -0.39 is 0 Å². The van der Waals surface area contributed by atoms with E-state index in [1.807, 2.05) is 23.6 Å². The van der Waals surface area contributed by atoms with Crippen molar-refractivity contribution in [2.45, 2.75) is 0 Å². The zero-order valence-corrected chi connectivity index (χ0v) is 16.5. The number of benzene rings is 2. The smallest absolute Gasteiger partial charge is 0.206 e. The Labute approximate surface area is 171 Å². The fraction of sp³-hybridized carbons (Fsp3) is 0.0500. The quantitative estimate of drug-likeness (QED) is 0.410. The molecule has 0 saturated carbocycles. The Morgan fingerprint density at radius 1 is 1.19 bits per heavy atom. The summed E-state index contributed by atoms with van der Waals surface area (Å²) in [6.45, 7) is 4.19. The number of rotatable bonds is 5. The van der Waals surface area contributed by atoms with Gasteiger partial charge in [-0.25, -0.2) is 4.68 Å². The molecular weight excluding hydrogens is 399 g/mol. The van der Waals surface area contributed by atoms with Gasteiger partial charge >= 0.3 is 0 Å². The molecule has 0 aliphatic rings. The maximum Gasteiger partial charge on any atom is 0.206 e. The molecule has 0 N–H and O–H groups in total. The molecule has 3 rings (SSSR count). The second-order valence-electron chi connectivity index (χ2n) is 5.45. The first kappa shape index (κ1) is 19.1. The maximum atomic E-state index is 8.91. The van der Waals surface area contributed by atoms with E-state index in [1.54, 1.807) is 41.2 Å². The highest BCUT2D eigenvalue weighted by molar-refractivity contribution is 7.07. The van der Waals surface area contributed by atoms with Crippen molar-refractivity contribution in [3.63, 3.8) is 0 Å². The van der Waals surface area contributed by atoms with Gasteiger partial charge in [-0.3, -0.25) is 4.99 Å². The van der Waals surface area contributed by atoms with Gasteiger partial charge in [0.15, 0.2) is 0 Å². The lowest BCUT2D eigenvalue weighted by molar-refractivity contribution is 0.840. The van der Waals surface area contributed by atoms with Crippen molar-refractivity contribution in [1.29, 1.82) is 5.26 Å². The third-order valence-corrected chi connectivity index (χ3v) is 5.01. The number of nitriles is 1. The van der Waals surface area contributed by atoms with Gasteiger partial charge in [-0.05, 0) is 35.9 Å². The molecule has 0 spiro atoms. The van der Waals surface area contributed by atoms with E-state index >= 15 is 0 Å². The lowest BCUT2D eigenvalue weighted by Crippen LogP contribution is -2.12. The third-order valence-electron chi connectivity index (χ3n) is 3.61. The Kier molecular flexibility index (Phi) is 6.25. The highest BCUT2D eigenvalue weighted by atomic mass is 35.5. The number of hydrogen-bond donors (Lipinski definition) is 0. The molecule has 0 radical (unpaired) electrons. The molecule has 0 saturated heterocycles. The van der Waals surface area contributed by atoms with Gasteiger partial charge in [0.25, 0.3) is 0 Å². The molecule has 0 amide bonds. The van der Waals surface area contributed by atoms with Gasteiger partial charge in [0.2, 0.25) is 4.80 Å². The van der Waals surface area contributed by atoms with Crippen LogP contribution in [0.3, 0.4) is 0 Å². The van der Waals surface area contributed by atoms with Crippen LogP contribution in [0.1, 0.15) is 11.1 Å². The normalized spacial score (nSPS) is 11.7. The molecule has 0 bridgehead atoms. The molecule has 0 fully saturated rings.